The molecular formula is C53H45N5O4. The molecule has 9 heteroatoms. The highest BCUT2D eigenvalue weighted by molar-refractivity contribution is 6.31. The van der Waals surface area contributed by atoms with Crippen molar-refractivity contribution < 1.29 is 19.1 Å². The second-order valence-corrected chi connectivity index (χ2v) is 16.1. The normalized spacial score (nSPS) is 27.1. The molecule has 306 valence electrons. The van der Waals surface area contributed by atoms with E-state index in [9.17, 15) is 9.59 Å². The second-order valence-electron chi connectivity index (χ2n) is 16.1. The van der Waals surface area contributed by atoms with Gasteiger partial charge in [0.1, 0.15) is 0 Å². The van der Waals surface area contributed by atoms with E-state index in [2.05, 4.69) is 118 Å². The molecule has 2 N–H and O–H groups in total. The number of aromatic amines is 1. The Kier molecular flexibility index (Phi) is 10.2. The lowest BCUT2D eigenvalue weighted by Crippen LogP contribution is -2.42. The third-order valence-corrected chi connectivity index (χ3v) is 12.5. The smallest absolute Gasteiger partial charge is 0.311 e. The van der Waals surface area contributed by atoms with Crippen molar-refractivity contribution in [1.29, 1.82) is 0 Å². The summed E-state index contributed by atoms with van der Waals surface area (Å²) in [6.07, 6.45) is 10.6. The van der Waals surface area contributed by atoms with Crippen molar-refractivity contribution in [2.75, 3.05) is 27.8 Å². The number of likely N-dealkylation sites (tertiary alicyclic amines) is 1. The quantitative estimate of drug-likeness (QED) is 0.184. The molecule has 5 aliphatic rings. The lowest BCUT2D eigenvalue weighted by atomic mass is 9.81. The number of H-pyrrole nitrogens is 1. The molecule has 1 fully saturated rings. The molecule has 5 aromatic rings. The maximum atomic E-state index is 14.0. The average Bonchev–Trinajstić information content (AvgIpc) is 4.18. The first kappa shape index (κ1) is 38.8. The van der Waals surface area contributed by atoms with E-state index in [0.717, 1.165) is 83.6 Å². The van der Waals surface area contributed by atoms with Gasteiger partial charge in [0.15, 0.2) is 0 Å². The Labute approximate surface area is 360 Å². The zero-order chi connectivity index (χ0) is 42.3. The SMILES string of the molecule is COC(=O)[C@@H]1[C@@H](C2=C/C3=C(\c4ccccc4)C4C=CC(=N4)/C(c4ccccc4)=c4/cc/c([nH]4)=C(\c4ccccc4)C4=N/C(=C(/c5ccccc5)C2N3)C=C4)N(C)C[C@H]1C(=O)OC. The van der Waals surface area contributed by atoms with Gasteiger partial charge in [-0.1, -0.05) is 127 Å². The minimum absolute atomic E-state index is 0.315. The lowest BCUT2D eigenvalue weighted by molar-refractivity contribution is -0.155. The number of rotatable bonds is 7. The van der Waals surface area contributed by atoms with Crippen LogP contribution in [0, 0.1) is 11.8 Å². The Balaban J connectivity index is 1.31. The minimum atomic E-state index is -0.833. The van der Waals surface area contributed by atoms with Crippen LogP contribution in [0.4, 0.5) is 0 Å². The number of nitrogens with zero attached hydrogens (tertiary/aromatic N) is 3. The highest BCUT2D eigenvalue weighted by Gasteiger charge is 2.53. The van der Waals surface area contributed by atoms with Crippen LogP contribution < -0.4 is 16.0 Å². The summed E-state index contributed by atoms with van der Waals surface area (Å²) in [5, 5.41) is 5.87. The molecule has 10 rings (SSSR count). The molecular weight excluding hydrogens is 771 g/mol. The van der Waals surface area contributed by atoms with Crippen LogP contribution in [0.15, 0.2) is 191 Å². The first-order valence-corrected chi connectivity index (χ1v) is 20.9. The number of esters is 2. The molecule has 1 saturated heterocycles. The van der Waals surface area contributed by atoms with Crippen molar-refractivity contribution in [3.8, 4) is 0 Å². The van der Waals surface area contributed by atoms with Crippen LogP contribution in [-0.4, -0.2) is 79.2 Å². The van der Waals surface area contributed by atoms with E-state index in [0.29, 0.717) is 6.54 Å². The minimum Gasteiger partial charge on any atom is -0.469 e. The summed E-state index contributed by atoms with van der Waals surface area (Å²) in [4.78, 5) is 44.4. The topological polar surface area (TPSA) is 108 Å². The maximum Gasteiger partial charge on any atom is 0.311 e. The number of carbonyl (C=O) groups is 2. The summed E-state index contributed by atoms with van der Waals surface area (Å²) < 4.78 is 10.8. The Bertz CT molecular complexity index is 2940. The average molecular weight is 816 g/mol. The number of aliphatic imine (C=N–C) groups is 2. The van der Waals surface area contributed by atoms with Crippen molar-refractivity contribution in [1.82, 2.24) is 15.2 Å². The number of ether oxygens (including phenoxy) is 2. The van der Waals surface area contributed by atoms with Gasteiger partial charge in [0, 0.05) is 51.3 Å². The van der Waals surface area contributed by atoms with Crippen molar-refractivity contribution in [2.24, 2.45) is 21.8 Å². The third-order valence-electron chi connectivity index (χ3n) is 12.5. The fraction of sp³-hybridized carbons (Fsp3) is 0.170. The van der Waals surface area contributed by atoms with Gasteiger partial charge in [-0.2, -0.15) is 0 Å². The molecule has 0 radical (unpaired) electrons. The number of hydrogen-bond donors (Lipinski definition) is 2. The highest BCUT2D eigenvalue weighted by Crippen LogP contribution is 2.44. The summed E-state index contributed by atoms with van der Waals surface area (Å²) >= 11 is 0. The number of fused-ring (bicyclic) bond motifs is 6. The maximum absolute atomic E-state index is 14.0. The van der Waals surface area contributed by atoms with E-state index in [1.807, 2.05) is 67.7 Å². The van der Waals surface area contributed by atoms with Crippen LogP contribution in [0.1, 0.15) is 22.3 Å². The van der Waals surface area contributed by atoms with Crippen LogP contribution in [0.2, 0.25) is 0 Å². The first-order chi connectivity index (χ1) is 30.4. The summed E-state index contributed by atoms with van der Waals surface area (Å²) in [7, 11) is 4.71. The fourth-order valence-corrected chi connectivity index (χ4v) is 9.82. The van der Waals surface area contributed by atoms with Crippen molar-refractivity contribution in [3.05, 3.63) is 214 Å². The van der Waals surface area contributed by atoms with E-state index in [1.54, 1.807) is 0 Å². The molecule has 4 aromatic carbocycles. The summed E-state index contributed by atoms with van der Waals surface area (Å²) in [5.41, 5.74) is 12.1. The number of allylic oxidation sites excluding steroid dienone is 4. The van der Waals surface area contributed by atoms with Crippen LogP contribution in [0.5, 0.6) is 0 Å². The number of nitrogens with one attached hydrogen (secondary N) is 2. The van der Waals surface area contributed by atoms with Crippen molar-refractivity contribution in [3.63, 3.8) is 0 Å². The molecule has 0 aliphatic carbocycles. The standard InChI is InChI=1S/C53H45N5O4/c1-58-31-37(52(59)61-2)49(53(60)62-3)51(58)36-30-44-47(34-20-12-6-13-21-34)42-27-26-40(55-42)45(32-16-8-4-9-17-32)38-24-25-39(54-38)46(33-18-10-5-11-19-33)41-28-29-43(56-41)48(50(36)57-44)35-22-14-7-15-23-35/h4-30,37,42,49-51,54,57H,31H2,1-3H3/b45-38-,46-39-,47-44-,48-43-/t37-,42?,49+,50?,51-/m1/s1. The third kappa shape index (κ3) is 6.80. The van der Waals surface area contributed by atoms with E-state index in [-0.39, 0.29) is 6.04 Å². The van der Waals surface area contributed by atoms with Crippen molar-refractivity contribution in [2.45, 2.75) is 18.1 Å². The number of methoxy groups -OCH3 is 2. The highest BCUT2D eigenvalue weighted by atomic mass is 16.5. The van der Waals surface area contributed by atoms with E-state index < -0.39 is 35.9 Å². The predicted octanol–water partition coefficient (Wildman–Crippen LogP) is 6.43. The van der Waals surface area contributed by atoms with Gasteiger partial charge in [-0.15, -0.1) is 0 Å². The van der Waals surface area contributed by atoms with E-state index >= 15 is 0 Å². The van der Waals surface area contributed by atoms with Gasteiger partial charge in [-0.25, -0.2) is 4.99 Å². The monoisotopic (exact) mass is 815 g/mol. The summed E-state index contributed by atoms with van der Waals surface area (Å²) in [5.74, 6) is -2.48. The molecule has 0 saturated carbocycles. The molecule has 9 nitrogen and oxygen atoms in total. The Morgan fingerprint density at radius 2 is 1.19 bits per heavy atom. The molecule has 0 spiro atoms. The number of carbonyl (C=O) groups excluding carboxylic acids is 2. The van der Waals surface area contributed by atoms with E-state index in [4.69, 9.17) is 19.5 Å². The number of hydrogen-bond acceptors (Lipinski definition) is 8. The molecule has 1 aromatic heterocycles. The zero-order valence-corrected chi connectivity index (χ0v) is 34.7. The molecule has 2 unspecified atom stereocenters. The molecule has 5 atom stereocenters. The van der Waals surface area contributed by atoms with Crippen LogP contribution >= 0.6 is 0 Å². The first-order valence-electron chi connectivity index (χ1n) is 20.9. The summed E-state index contributed by atoms with van der Waals surface area (Å²) in [6.45, 7) is 0.315. The lowest BCUT2D eigenvalue weighted by Gasteiger charge is -2.31. The van der Waals surface area contributed by atoms with Gasteiger partial charge >= 0.3 is 11.9 Å². The fourth-order valence-electron chi connectivity index (χ4n) is 9.82. The number of benzene rings is 4. The Hall–Kier alpha value is -7.36. The predicted molar refractivity (Wildman–Crippen MR) is 244 cm³/mol. The van der Waals surface area contributed by atoms with Gasteiger partial charge in [-0.3, -0.25) is 19.5 Å². The molecule has 8 bridgehead atoms. The Morgan fingerprint density at radius 3 is 1.77 bits per heavy atom. The van der Waals surface area contributed by atoms with E-state index in [1.165, 1.54) is 14.2 Å². The zero-order valence-electron chi connectivity index (χ0n) is 34.7. The van der Waals surface area contributed by atoms with Gasteiger partial charge in [0.05, 0.1) is 55.3 Å². The molecule has 5 aliphatic heterocycles. The number of likely N-dealkylation sites (N-methyl/N-ethyl adjacent to an activating group) is 1. The molecule has 0 amide bonds. The Morgan fingerprint density at radius 1 is 0.645 bits per heavy atom. The van der Waals surface area contributed by atoms with Crippen molar-refractivity contribution >= 4 is 45.7 Å². The van der Waals surface area contributed by atoms with Gasteiger partial charge < -0.3 is 19.8 Å². The second kappa shape index (κ2) is 16.2. The molecule has 6 heterocycles. The van der Waals surface area contributed by atoms with Crippen LogP contribution in [0.25, 0.3) is 22.3 Å². The largest absolute Gasteiger partial charge is 0.469 e. The molecule has 62 heavy (non-hydrogen) atoms. The number of aromatic nitrogens is 1. The van der Waals surface area contributed by atoms with Gasteiger partial charge in [-0.05, 0) is 71.3 Å². The van der Waals surface area contributed by atoms with Crippen LogP contribution in [0.3, 0.4) is 0 Å². The summed E-state index contributed by atoms with van der Waals surface area (Å²) in [6, 6.07) is 44.2. The van der Waals surface area contributed by atoms with Gasteiger partial charge in [0.25, 0.3) is 0 Å². The van der Waals surface area contributed by atoms with Crippen LogP contribution in [-0.2, 0) is 19.1 Å². The van der Waals surface area contributed by atoms with Gasteiger partial charge in [0.2, 0.25) is 0 Å².